The highest BCUT2D eigenvalue weighted by Gasteiger charge is 2.31. The Morgan fingerprint density at radius 3 is 2.48 bits per heavy atom. The fourth-order valence-electron chi connectivity index (χ4n) is 2.29. The lowest BCUT2D eigenvalue weighted by atomic mass is 10.2. The average Bonchev–Trinajstić information content (AvgIpc) is 2.74. The third kappa shape index (κ3) is 2.61. The molecule has 21 heavy (non-hydrogen) atoms. The van der Waals surface area contributed by atoms with Gasteiger partial charge in [0.15, 0.2) is 10.7 Å². The molecule has 2 rings (SSSR count). The number of benzene rings is 1. The zero-order chi connectivity index (χ0) is 15.8. The van der Waals surface area contributed by atoms with Crippen molar-refractivity contribution in [3.8, 4) is 5.75 Å². The van der Waals surface area contributed by atoms with Gasteiger partial charge in [-0.2, -0.15) is 0 Å². The van der Waals surface area contributed by atoms with E-state index in [1.165, 1.54) is 16.4 Å². The van der Waals surface area contributed by atoms with Crippen LogP contribution in [0.1, 0.15) is 23.9 Å². The Morgan fingerprint density at radius 2 is 1.95 bits per heavy atom. The summed E-state index contributed by atoms with van der Waals surface area (Å²) < 4.78 is 32.0. The summed E-state index contributed by atoms with van der Waals surface area (Å²) in [5, 5.41) is 13.3. The molecule has 1 N–H and O–H groups in total. The van der Waals surface area contributed by atoms with Crippen molar-refractivity contribution in [2.45, 2.75) is 32.6 Å². The molecule has 7 heteroatoms. The normalized spacial score (nSPS) is 11.6. The third-order valence-electron chi connectivity index (χ3n) is 3.26. The van der Waals surface area contributed by atoms with Crippen molar-refractivity contribution < 1.29 is 18.0 Å². The third-order valence-corrected chi connectivity index (χ3v) is 5.40. The van der Waals surface area contributed by atoms with Crippen molar-refractivity contribution >= 4 is 15.7 Å². The standard InChI is InChI=1S/C14H18N2O4S/c1-5-16(13-8-12(17)7-6-9(13)2)21(18,19)14-10(3)15-20-11(14)4/h6-8,17H,5H2,1-4H3. The van der Waals surface area contributed by atoms with Crippen LogP contribution in [0.5, 0.6) is 5.75 Å². The molecule has 0 aliphatic carbocycles. The van der Waals surface area contributed by atoms with Gasteiger partial charge in [0.05, 0.1) is 5.69 Å². The summed E-state index contributed by atoms with van der Waals surface area (Å²) in [6.45, 7) is 6.92. The van der Waals surface area contributed by atoms with E-state index in [1.807, 2.05) is 0 Å². The monoisotopic (exact) mass is 310 g/mol. The van der Waals surface area contributed by atoms with Crippen molar-refractivity contribution in [3.05, 3.63) is 35.2 Å². The number of rotatable bonds is 4. The van der Waals surface area contributed by atoms with Gasteiger partial charge in [-0.25, -0.2) is 8.42 Å². The van der Waals surface area contributed by atoms with Crippen LogP contribution in [0.2, 0.25) is 0 Å². The summed E-state index contributed by atoms with van der Waals surface area (Å²) in [4.78, 5) is 0.0760. The van der Waals surface area contributed by atoms with Crippen molar-refractivity contribution in [2.75, 3.05) is 10.8 Å². The number of nitrogens with zero attached hydrogens (tertiary/aromatic N) is 2. The van der Waals surface area contributed by atoms with Gasteiger partial charge >= 0.3 is 0 Å². The first-order valence-electron chi connectivity index (χ1n) is 6.54. The summed E-state index contributed by atoms with van der Waals surface area (Å²) in [6, 6.07) is 4.64. The van der Waals surface area contributed by atoms with E-state index in [-0.39, 0.29) is 22.9 Å². The highest BCUT2D eigenvalue weighted by Crippen LogP contribution is 2.31. The van der Waals surface area contributed by atoms with Gasteiger partial charge in [0.25, 0.3) is 10.0 Å². The van der Waals surface area contributed by atoms with Gasteiger partial charge in [-0.15, -0.1) is 0 Å². The van der Waals surface area contributed by atoms with E-state index in [0.717, 1.165) is 5.56 Å². The Balaban J connectivity index is 2.63. The van der Waals surface area contributed by atoms with Gasteiger partial charge < -0.3 is 9.63 Å². The van der Waals surface area contributed by atoms with Gasteiger partial charge in [0, 0.05) is 12.6 Å². The molecule has 114 valence electrons. The Bertz CT molecular complexity index is 746. The number of phenolic OH excluding ortho intramolecular Hbond substituents is 1. The number of phenols is 1. The average molecular weight is 310 g/mol. The lowest BCUT2D eigenvalue weighted by molar-refractivity contribution is 0.390. The van der Waals surface area contributed by atoms with Crippen LogP contribution < -0.4 is 4.31 Å². The van der Waals surface area contributed by atoms with E-state index in [9.17, 15) is 13.5 Å². The van der Waals surface area contributed by atoms with Crippen LogP contribution in [-0.2, 0) is 10.0 Å². The van der Waals surface area contributed by atoms with Crippen LogP contribution in [0.25, 0.3) is 0 Å². The molecule has 0 aliphatic heterocycles. The van der Waals surface area contributed by atoms with E-state index in [4.69, 9.17) is 4.52 Å². The van der Waals surface area contributed by atoms with E-state index in [2.05, 4.69) is 5.16 Å². The number of aromatic nitrogens is 1. The summed E-state index contributed by atoms with van der Waals surface area (Å²) in [6.07, 6.45) is 0. The molecule has 1 heterocycles. The maximum Gasteiger partial charge on any atom is 0.269 e. The number of anilines is 1. The first-order chi connectivity index (χ1) is 9.78. The number of aromatic hydroxyl groups is 1. The highest BCUT2D eigenvalue weighted by atomic mass is 32.2. The minimum absolute atomic E-state index is 0.0167. The topological polar surface area (TPSA) is 83.6 Å². The SMILES string of the molecule is CCN(c1cc(O)ccc1C)S(=O)(=O)c1c(C)noc1C. The summed E-state index contributed by atoms with van der Waals surface area (Å²) in [5.74, 6) is 0.270. The number of hydrogen-bond donors (Lipinski definition) is 1. The molecule has 0 aliphatic rings. The van der Waals surface area contributed by atoms with Crippen LogP contribution in [0.3, 0.4) is 0 Å². The fourth-order valence-corrected chi connectivity index (χ4v) is 4.12. The van der Waals surface area contributed by atoms with Crippen LogP contribution in [0.15, 0.2) is 27.6 Å². The minimum atomic E-state index is -3.80. The van der Waals surface area contributed by atoms with E-state index in [1.54, 1.807) is 33.8 Å². The summed E-state index contributed by atoms with van der Waals surface area (Å²) in [7, 11) is -3.80. The van der Waals surface area contributed by atoms with E-state index in [0.29, 0.717) is 11.4 Å². The minimum Gasteiger partial charge on any atom is -0.508 e. The Hall–Kier alpha value is -2.02. The van der Waals surface area contributed by atoms with Crippen LogP contribution in [-0.4, -0.2) is 25.2 Å². The highest BCUT2D eigenvalue weighted by molar-refractivity contribution is 7.93. The molecule has 0 unspecified atom stereocenters. The first kappa shape index (κ1) is 15.4. The predicted octanol–water partition coefficient (Wildman–Crippen LogP) is 2.52. The van der Waals surface area contributed by atoms with E-state index < -0.39 is 10.0 Å². The second-order valence-corrected chi connectivity index (χ2v) is 6.59. The molecular formula is C14H18N2O4S. The van der Waals surface area contributed by atoms with Gasteiger partial charge in [0.2, 0.25) is 0 Å². The Labute approximate surface area is 124 Å². The first-order valence-corrected chi connectivity index (χ1v) is 7.98. The van der Waals surface area contributed by atoms with Crippen LogP contribution >= 0.6 is 0 Å². The van der Waals surface area contributed by atoms with Gasteiger partial charge in [-0.05, 0) is 39.3 Å². The molecule has 0 amide bonds. The quantitative estimate of drug-likeness (QED) is 0.938. The van der Waals surface area contributed by atoms with Crippen molar-refractivity contribution in [3.63, 3.8) is 0 Å². The maximum absolute atomic E-state index is 12.9. The van der Waals surface area contributed by atoms with Crippen LogP contribution in [0, 0.1) is 20.8 Å². The Kier molecular flexibility index (Phi) is 3.95. The molecule has 0 atom stereocenters. The maximum atomic E-state index is 12.9. The molecule has 6 nitrogen and oxygen atoms in total. The molecule has 0 fully saturated rings. The number of aryl methyl sites for hydroxylation is 3. The molecule has 0 radical (unpaired) electrons. The number of sulfonamides is 1. The molecule has 1 aromatic heterocycles. The zero-order valence-corrected chi connectivity index (χ0v) is 13.2. The molecule has 2 aromatic rings. The second kappa shape index (κ2) is 5.40. The zero-order valence-electron chi connectivity index (χ0n) is 12.4. The molecule has 0 saturated carbocycles. The molecular weight excluding hydrogens is 292 g/mol. The van der Waals surface area contributed by atoms with Crippen molar-refractivity contribution in [1.29, 1.82) is 0 Å². The molecule has 1 aromatic carbocycles. The second-order valence-electron chi connectivity index (χ2n) is 4.79. The number of hydrogen-bond acceptors (Lipinski definition) is 5. The molecule has 0 bridgehead atoms. The fraction of sp³-hybridized carbons (Fsp3) is 0.357. The summed E-state index contributed by atoms with van der Waals surface area (Å²) in [5.41, 5.74) is 1.52. The largest absolute Gasteiger partial charge is 0.508 e. The van der Waals surface area contributed by atoms with E-state index >= 15 is 0 Å². The molecule has 0 spiro atoms. The summed E-state index contributed by atoms with van der Waals surface area (Å²) >= 11 is 0. The van der Waals surface area contributed by atoms with Gasteiger partial charge in [0.1, 0.15) is 11.4 Å². The Morgan fingerprint density at radius 1 is 1.29 bits per heavy atom. The van der Waals surface area contributed by atoms with Crippen molar-refractivity contribution in [2.24, 2.45) is 0 Å². The molecule has 0 saturated heterocycles. The predicted molar refractivity (Wildman–Crippen MR) is 79.0 cm³/mol. The lowest BCUT2D eigenvalue weighted by Gasteiger charge is -2.24. The van der Waals surface area contributed by atoms with Crippen molar-refractivity contribution in [1.82, 2.24) is 5.16 Å². The van der Waals surface area contributed by atoms with Gasteiger partial charge in [-0.3, -0.25) is 4.31 Å². The lowest BCUT2D eigenvalue weighted by Crippen LogP contribution is -2.32. The smallest absolute Gasteiger partial charge is 0.269 e. The van der Waals surface area contributed by atoms with Gasteiger partial charge in [-0.1, -0.05) is 11.2 Å². The van der Waals surface area contributed by atoms with Crippen LogP contribution in [0.4, 0.5) is 5.69 Å².